The van der Waals surface area contributed by atoms with E-state index in [0.29, 0.717) is 13.1 Å². The Bertz CT molecular complexity index is 494. The normalized spacial score (nSPS) is 25.4. The van der Waals surface area contributed by atoms with Crippen molar-refractivity contribution in [2.45, 2.75) is 32.2 Å². The van der Waals surface area contributed by atoms with Crippen LogP contribution >= 0.6 is 0 Å². The molecule has 2 atom stereocenters. The van der Waals surface area contributed by atoms with E-state index in [4.69, 9.17) is 0 Å². The van der Waals surface area contributed by atoms with Crippen molar-refractivity contribution in [2.24, 2.45) is 0 Å². The standard InChI is InChI=1S/C15H20N2O2/c1-4-16(5-2)14(18)15(3)13(11-17(15)19)12-9-7-6-8-10-12/h6-11,13H,4-5H2,1-3H3/t13-,15-/m1/s1. The fraction of sp³-hybridized carbons (Fsp3) is 0.467. The maximum Gasteiger partial charge on any atom is 0.296 e. The van der Waals surface area contributed by atoms with Crippen molar-refractivity contribution in [1.82, 2.24) is 4.90 Å². The molecule has 1 aromatic rings. The van der Waals surface area contributed by atoms with Gasteiger partial charge in [0.05, 0.1) is 0 Å². The second kappa shape index (κ2) is 5.03. The lowest BCUT2D eigenvalue weighted by Gasteiger charge is -2.41. The number of rotatable bonds is 4. The average molecular weight is 260 g/mol. The van der Waals surface area contributed by atoms with Crippen LogP contribution in [0.15, 0.2) is 30.3 Å². The maximum absolute atomic E-state index is 12.6. The molecule has 0 spiro atoms. The molecule has 1 aliphatic rings. The quantitative estimate of drug-likeness (QED) is 0.614. The van der Waals surface area contributed by atoms with Crippen LogP contribution in [-0.2, 0) is 4.79 Å². The van der Waals surface area contributed by atoms with Crippen molar-refractivity contribution < 1.29 is 9.53 Å². The zero-order chi connectivity index (χ0) is 14.0. The Labute approximate surface area is 113 Å². The first-order chi connectivity index (χ1) is 9.05. The minimum Gasteiger partial charge on any atom is -0.623 e. The van der Waals surface area contributed by atoms with Gasteiger partial charge in [-0.1, -0.05) is 30.3 Å². The molecule has 0 saturated heterocycles. The topological polar surface area (TPSA) is 46.4 Å². The van der Waals surface area contributed by atoms with Crippen LogP contribution in [0.1, 0.15) is 32.3 Å². The molecule has 1 heterocycles. The van der Waals surface area contributed by atoms with Gasteiger partial charge in [-0.2, -0.15) is 4.74 Å². The molecule has 0 aromatic heterocycles. The molecule has 102 valence electrons. The summed E-state index contributed by atoms with van der Waals surface area (Å²) in [5, 5.41) is 11.9. The van der Waals surface area contributed by atoms with E-state index in [1.54, 1.807) is 18.0 Å². The second-order valence-corrected chi connectivity index (χ2v) is 4.99. The molecule has 19 heavy (non-hydrogen) atoms. The van der Waals surface area contributed by atoms with Crippen molar-refractivity contribution in [2.75, 3.05) is 13.1 Å². The molecule has 0 aliphatic carbocycles. The van der Waals surface area contributed by atoms with Gasteiger partial charge in [-0.15, -0.1) is 0 Å². The molecule has 1 amide bonds. The molecule has 0 N–H and O–H groups in total. The van der Waals surface area contributed by atoms with E-state index in [-0.39, 0.29) is 11.8 Å². The monoisotopic (exact) mass is 260 g/mol. The van der Waals surface area contributed by atoms with E-state index in [2.05, 4.69) is 0 Å². The van der Waals surface area contributed by atoms with Crippen LogP contribution in [0.3, 0.4) is 0 Å². The Balaban J connectivity index is 2.33. The predicted molar refractivity (Wildman–Crippen MR) is 75.2 cm³/mol. The Morgan fingerprint density at radius 3 is 2.37 bits per heavy atom. The first kappa shape index (κ1) is 13.6. The van der Waals surface area contributed by atoms with Crippen LogP contribution in [0.2, 0.25) is 0 Å². The van der Waals surface area contributed by atoms with Crippen molar-refractivity contribution in [1.29, 1.82) is 0 Å². The Hall–Kier alpha value is -1.84. The minimum atomic E-state index is -1.01. The Morgan fingerprint density at radius 2 is 1.89 bits per heavy atom. The van der Waals surface area contributed by atoms with Gasteiger partial charge in [0.15, 0.2) is 6.21 Å². The number of amides is 1. The smallest absolute Gasteiger partial charge is 0.296 e. The molecule has 0 radical (unpaired) electrons. The summed E-state index contributed by atoms with van der Waals surface area (Å²) in [6, 6.07) is 9.71. The summed E-state index contributed by atoms with van der Waals surface area (Å²) in [7, 11) is 0. The summed E-state index contributed by atoms with van der Waals surface area (Å²) >= 11 is 0. The molecule has 0 bridgehead atoms. The molecule has 4 heteroatoms. The van der Waals surface area contributed by atoms with E-state index < -0.39 is 5.54 Å². The SMILES string of the molecule is CCN(CC)C(=O)[C@@]1(C)[C@@H](c2ccccc2)C=[N+]1[O-]. The van der Waals surface area contributed by atoms with Crippen LogP contribution < -0.4 is 0 Å². The molecule has 0 fully saturated rings. The summed E-state index contributed by atoms with van der Waals surface area (Å²) in [5.74, 6) is -0.233. The van der Waals surface area contributed by atoms with Gasteiger partial charge in [0, 0.05) is 20.0 Å². The van der Waals surface area contributed by atoms with Gasteiger partial charge >= 0.3 is 0 Å². The molecule has 1 aliphatic heterocycles. The number of likely N-dealkylation sites (N-methyl/N-ethyl adjacent to an activating group) is 1. The molecule has 1 aromatic carbocycles. The average Bonchev–Trinajstić information content (AvgIpc) is 2.45. The van der Waals surface area contributed by atoms with Crippen molar-refractivity contribution in [3.63, 3.8) is 0 Å². The first-order valence-electron chi connectivity index (χ1n) is 6.71. The third-order valence-corrected chi connectivity index (χ3v) is 3.99. The summed E-state index contributed by atoms with van der Waals surface area (Å²) in [4.78, 5) is 14.3. The summed E-state index contributed by atoms with van der Waals surface area (Å²) in [6.07, 6.45) is 1.58. The van der Waals surface area contributed by atoms with Crippen molar-refractivity contribution >= 4 is 12.1 Å². The van der Waals surface area contributed by atoms with Gasteiger partial charge in [0.1, 0.15) is 5.92 Å². The number of carbonyl (C=O) groups is 1. The van der Waals surface area contributed by atoms with Crippen molar-refractivity contribution in [3.8, 4) is 0 Å². The lowest BCUT2D eigenvalue weighted by atomic mass is 9.75. The number of nitrogens with zero attached hydrogens (tertiary/aromatic N) is 2. The summed E-state index contributed by atoms with van der Waals surface area (Å²) in [6.45, 7) is 6.85. The predicted octanol–water partition coefficient (Wildman–Crippen LogP) is 1.99. The molecular weight excluding hydrogens is 240 g/mol. The number of hydroxylamine groups is 1. The highest BCUT2D eigenvalue weighted by Crippen LogP contribution is 2.37. The van der Waals surface area contributed by atoms with Crippen LogP contribution in [0.4, 0.5) is 0 Å². The van der Waals surface area contributed by atoms with Gasteiger partial charge < -0.3 is 10.1 Å². The highest BCUT2D eigenvalue weighted by Gasteiger charge is 2.58. The minimum absolute atomic E-state index is 0.0937. The van der Waals surface area contributed by atoms with Gasteiger partial charge in [-0.25, -0.2) is 0 Å². The number of benzene rings is 1. The molecular formula is C15H20N2O2. The van der Waals surface area contributed by atoms with Crippen LogP contribution in [-0.4, -0.2) is 40.4 Å². The molecule has 0 unspecified atom stereocenters. The van der Waals surface area contributed by atoms with Gasteiger partial charge in [-0.3, -0.25) is 4.79 Å². The molecule has 2 rings (SSSR count). The van der Waals surface area contributed by atoms with Gasteiger partial charge in [-0.05, 0) is 19.4 Å². The van der Waals surface area contributed by atoms with Gasteiger partial charge in [0.2, 0.25) is 0 Å². The Morgan fingerprint density at radius 1 is 1.32 bits per heavy atom. The van der Waals surface area contributed by atoms with E-state index >= 15 is 0 Å². The zero-order valence-electron chi connectivity index (χ0n) is 11.7. The van der Waals surface area contributed by atoms with E-state index in [9.17, 15) is 10.0 Å². The molecule has 0 saturated carbocycles. The van der Waals surface area contributed by atoms with Crippen LogP contribution in [0.5, 0.6) is 0 Å². The van der Waals surface area contributed by atoms with Crippen LogP contribution in [0, 0.1) is 5.21 Å². The Kier molecular flexibility index (Phi) is 3.60. The first-order valence-corrected chi connectivity index (χ1v) is 6.71. The van der Waals surface area contributed by atoms with Crippen molar-refractivity contribution in [3.05, 3.63) is 41.1 Å². The second-order valence-electron chi connectivity index (χ2n) is 4.99. The maximum atomic E-state index is 12.6. The third-order valence-electron chi connectivity index (χ3n) is 3.99. The van der Waals surface area contributed by atoms with Gasteiger partial charge in [0.25, 0.3) is 11.4 Å². The third kappa shape index (κ3) is 2.01. The molecule has 4 nitrogen and oxygen atoms in total. The number of carbonyl (C=O) groups excluding carboxylic acids is 1. The fourth-order valence-corrected chi connectivity index (χ4v) is 2.62. The highest BCUT2D eigenvalue weighted by atomic mass is 16.5. The van der Waals surface area contributed by atoms with Crippen LogP contribution in [0.25, 0.3) is 0 Å². The zero-order valence-corrected chi connectivity index (χ0v) is 11.7. The largest absolute Gasteiger partial charge is 0.623 e. The van der Waals surface area contributed by atoms with E-state index in [1.807, 2.05) is 44.2 Å². The number of hydrogen-bond acceptors (Lipinski definition) is 2. The summed E-state index contributed by atoms with van der Waals surface area (Å²) in [5.41, 5.74) is 0.00510. The van der Waals surface area contributed by atoms with E-state index in [0.717, 1.165) is 10.3 Å². The fourth-order valence-electron chi connectivity index (χ4n) is 2.62. The highest BCUT2D eigenvalue weighted by molar-refractivity contribution is 5.93. The number of hydrogen-bond donors (Lipinski definition) is 0. The lowest BCUT2D eigenvalue weighted by Crippen LogP contribution is -2.63. The lowest BCUT2D eigenvalue weighted by molar-refractivity contribution is -0.557. The van der Waals surface area contributed by atoms with E-state index in [1.165, 1.54) is 0 Å². The summed E-state index contributed by atoms with van der Waals surface area (Å²) < 4.78 is 0.797.